The lowest BCUT2D eigenvalue weighted by Gasteiger charge is -2.15. The fraction of sp³-hybridized carbons (Fsp3) is 0.571. The number of fused-ring (bicyclic) bond motifs is 1. The van der Waals surface area contributed by atoms with E-state index in [0.717, 1.165) is 4.90 Å². The Labute approximate surface area is 126 Å². The second-order valence-electron chi connectivity index (χ2n) is 5.66. The molecule has 2 aliphatic heterocycles. The van der Waals surface area contributed by atoms with Crippen LogP contribution in [0.2, 0.25) is 0 Å². The van der Waals surface area contributed by atoms with Crippen molar-refractivity contribution >= 4 is 23.8 Å². The maximum atomic E-state index is 12.2. The lowest BCUT2D eigenvalue weighted by Crippen LogP contribution is -2.45. The van der Waals surface area contributed by atoms with E-state index in [1.165, 1.54) is 0 Å². The van der Waals surface area contributed by atoms with Crippen LogP contribution in [0, 0.1) is 11.8 Å². The average molecular weight is 307 g/mol. The van der Waals surface area contributed by atoms with E-state index in [9.17, 15) is 19.2 Å². The Hall–Kier alpha value is -2.38. The zero-order chi connectivity index (χ0) is 15.7. The number of cyclic esters (lactones) is 1. The number of ether oxygens (including phenoxy) is 1. The molecule has 2 saturated heterocycles. The second kappa shape index (κ2) is 5.78. The fourth-order valence-electron chi connectivity index (χ4n) is 3.00. The fourth-order valence-corrected chi connectivity index (χ4v) is 3.00. The number of nitrogens with one attached hydrogen (secondary N) is 2. The first-order chi connectivity index (χ1) is 10.6. The highest BCUT2D eigenvalue weighted by atomic mass is 16.6. The number of hydrogen-bond donors (Lipinski definition) is 2. The van der Waals surface area contributed by atoms with Crippen molar-refractivity contribution in [1.29, 1.82) is 0 Å². The summed E-state index contributed by atoms with van der Waals surface area (Å²) >= 11 is 0. The molecule has 3 rings (SSSR count). The van der Waals surface area contributed by atoms with Crippen molar-refractivity contribution in [2.75, 3.05) is 19.7 Å². The van der Waals surface area contributed by atoms with E-state index >= 15 is 0 Å². The van der Waals surface area contributed by atoms with Crippen LogP contribution >= 0.6 is 0 Å². The maximum absolute atomic E-state index is 12.2. The third kappa shape index (κ3) is 2.68. The predicted octanol–water partition coefficient (Wildman–Crippen LogP) is -0.838. The van der Waals surface area contributed by atoms with Gasteiger partial charge in [0.25, 0.3) is 0 Å². The zero-order valence-electron chi connectivity index (χ0n) is 11.9. The van der Waals surface area contributed by atoms with Gasteiger partial charge in [0.15, 0.2) is 0 Å². The number of hydrogen-bond acceptors (Lipinski definition) is 5. The summed E-state index contributed by atoms with van der Waals surface area (Å²) in [5.41, 5.74) is 0. The van der Waals surface area contributed by atoms with Gasteiger partial charge in [0.05, 0.1) is 17.9 Å². The molecule has 3 atom stereocenters. The van der Waals surface area contributed by atoms with Crippen LogP contribution in [-0.4, -0.2) is 54.5 Å². The summed E-state index contributed by atoms with van der Waals surface area (Å²) < 4.78 is 4.70. The van der Waals surface area contributed by atoms with Gasteiger partial charge in [-0.15, -0.1) is 0 Å². The minimum atomic E-state index is -0.513. The van der Waals surface area contributed by atoms with Gasteiger partial charge in [-0.05, 0) is 12.8 Å². The number of carbonyl (C=O) groups is 4. The molecule has 2 fully saturated rings. The number of nitrogens with zero attached hydrogens (tertiary/aromatic N) is 1. The van der Waals surface area contributed by atoms with E-state index in [0.29, 0.717) is 12.8 Å². The molecule has 118 valence electrons. The molecule has 3 aliphatic rings. The molecule has 8 heteroatoms. The number of alkyl carbamates (subject to hydrolysis) is 1. The Balaban J connectivity index is 1.52. The van der Waals surface area contributed by atoms with Crippen LogP contribution in [-0.2, 0) is 19.1 Å². The van der Waals surface area contributed by atoms with Crippen molar-refractivity contribution in [3.63, 3.8) is 0 Å². The van der Waals surface area contributed by atoms with E-state index in [-0.39, 0.29) is 49.4 Å². The molecule has 0 bridgehead atoms. The molecule has 0 aromatic rings. The molecular formula is C14H17N3O5. The first-order valence-corrected chi connectivity index (χ1v) is 7.26. The topological polar surface area (TPSA) is 105 Å². The van der Waals surface area contributed by atoms with E-state index in [2.05, 4.69) is 10.6 Å². The molecule has 0 aromatic carbocycles. The van der Waals surface area contributed by atoms with Gasteiger partial charge in [0.1, 0.15) is 13.2 Å². The van der Waals surface area contributed by atoms with Crippen molar-refractivity contribution in [2.45, 2.75) is 18.9 Å². The molecule has 1 aliphatic carbocycles. The second-order valence-corrected chi connectivity index (χ2v) is 5.66. The van der Waals surface area contributed by atoms with Gasteiger partial charge in [0.2, 0.25) is 17.7 Å². The lowest BCUT2D eigenvalue weighted by atomic mass is 9.85. The van der Waals surface area contributed by atoms with Crippen molar-refractivity contribution < 1.29 is 23.9 Å². The van der Waals surface area contributed by atoms with Crippen LogP contribution in [0.3, 0.4) is 0 Å². The molecular weight excluding hydrogens is 290 g/mol. The van der Waals surface area contributed by atoms with Crippen molar-refractivity contribution in [3.05, 3.63) is 12.2 Å². The number of amides is 4. The highest BCUT2D eigenvalue weighted by Crippen LogP contribution is 2.34. The summed E-state index contributed by atoms with van der Waals surface area (Å²) in [4.78, 5) is 48.2. The third-order valence-electron chi connectivity index (χ3n) is 4.18. The van der Waals surface area contributed by atoms with Gasteiger partial charge >= 0.3 is 6.09 Å². The standard InChI is InChI=1S/C14H17N3O5/c18-11(15-5-8-7-22-14(21)16-8)6-17-12(19)9-3-1-2-4-10(9)13(17)20/h1-2,8-10H,3-7H2,(H,15,18)(H,16,21)/t8-,9-,10+/m1/s1. The maximum Gasteiger partial charge on any atom is 0.407 e. The Bertz CT molecular complexity index is 533. The summed E-state index contributed by atoms with van der Waals surface area (Å²) in [6.07, 6.45) is 4.40. The van der Waals surface area contributed by atoms with E-state index < -0.39 is 12.0 Å². The van der Waals surface area contributed by atoms with Gasteiger partial charge in [-0.1, -0.05) is 12.2 Å². The van der Waals surface area contributed by atoms with Crippen LogP contribution < -0.4 is 10.6 Å². The Kier molecular flexibility index (Phi) is 3.82. The lowest BCUT2D eigenvalue weighted by molar-refractivity contribution is -0.143. The van der Waals surface area contributed by atoms with Crippen molar-refractivity contribution in [1.82, 2.24) is 15.5 Å². The Morgan fingerprint density at radius 1 is 1.23 bits per heavy atom. The third-order valence-corrected chi connectivity index (χ3v) is 4.18. The normalized spacial score (nSPS) is 30.1. The highest BCUT2D eigenvalue weighted by molar-refractivity contribution is 6.07. The predicted molar refractivity (Wildman–Crippen MR) is 73.4 cm³/mol. The van der Waals surface area contributed by atoms with E-state index in [1.54, 1.807) is 0 Å². The Morgan fingerprint density at radius 2 is 1.86 bits per heavy atom. The Morgan fingerprint density at radius 3 is 2.41 bits per heavy atom. The first kappa shape index (κ1) is 14.6. The van der Waals surface area contributed by atoms with Gasteiger partial charge in [0, 0.05) is 6.54 Å². The number of allylic oxidation sites excluding steroid dienone is 2. The molecule has 2 N–H and O–H groups in total. The monoisotopic (exact) mass is 307 g/mol. The smallest absolute Gasteiger partial charge is 0.407 e. The van der Waals surface area contributed by atoms with Crippen molar-refractivity contribution in [2.24, 2.45) is 11.8 Å². The van der Waals surface area contributed by atoms with Gasteiger partial charge in [-0.2, -0.15) is 0 Å². The summed E-state index contributed by atoms with van der Waals surface area (Å²) in [7, 11) is 0. The number of likely N-dealkylation sites (tertiary alicyclic amines) is 1. The van der Waals surface area contributed by atoms with Gasteiger partial charge in [-0.25, -0.2) is 4.79 Å². The molecule has 0 saturated carbocycles. The number of rotatable bonds is 4. The van der Waals surface area contributed by atoms with Crippen LogP contribution in [0.15, 0.2) is 12.2 Å². The molecule has 8 nitrogen and oxygen atoms in total. The molecule has 0 aromatic heterocycles. The summed E-state index contributed by atoms with van der Waals surface area (Å²) in [5, 5.41) is 5.13. The van der Waals surface area contributed by atoms with Gasteiger partial charge in [-0.3, -0.25) is 19.3 Å². The SMILES string of the molecule is O=C(CN1C(=O)[C@H]2CC=CC[C@H]2C1=O)NC[C@@H]1COC(=O)N1. The summed E-state index contributed by atoms with van der Waals surface area (Å²) in [5.74, 6) is -1.62. The molecule has 22 heavy (non-hydrogen) atoms. The highest BCUT2D eigenvalue weighted by Gasteiger charge is 2.47. The molecule has 0 unspecified atom stereocenters. The minimum Gasteiger partial charge on any atom is -0.447 e. The van der Waals surface area contributed by atoms with Crippen LogP contribution in [0.4, 0.5) is 4.79 Å². The van der Waals surface area contributed by atoms with E-state index in [1.807, 2.05) is 12.2 Å². The number of carbonyl (C=O) groups excluding carboxylic acids is 4. The largest absolute Gasteiger partial charge is 0.447 e. The summed E-state index contributed by atoms with van der Waals surface area (Å²) in [6, 6.07) is -0.284. The molecule has 0 radical (unpaired) electrons. The van der Waals surface area contributed by atoms with E-state index in [4.69, 9.17) is 4.74 Å². The van der Waals surface area contributed by atoms with Crippen LogP contribution in [0.5, 0.6) is 0 Å². The van der Waals surface area contributed by atoms with Gasteiger partial charge < -0.3 is 15.4 Å². The average Bonchev–Trinajstić information content (AvgIpc) is 3.03. The molecule has 2 heterocycles. The molecule has 4 amide bonds. The minimum absolute atomic E-state index is 0.191. The molecule has 0 spiro atoms. The van der Waals surface area contributed by atoms with Crippen LogP contribution in [0.1, 0.15) is 12.8 Å². The van der Waals surface area contributed by atoms with Crippen LogP contribution in [0.25, 0.3) is 0 Å². The first-order valence-electron chi connectivity index (χ1n) is 7.26. The number of imide groups is 1. The quantitative estimate of drug-likeness (QED) is 0.520. The summed E-state index contributed by atoms with van der Waals surface area (Å²) in [6.45, 7) is 0.123. The zero-order valence-corrected chi connectivity index (χ0v) is 11.9. The van der Waals surface area contributed by atoms with Crippen molar-refractivity contribution in [3.8, 4) is 0 Å².